The van der Waals surface area contributed by atoms with Crippen molar-refractivity contribution in [2.45, 2.75) is 48.9 Å². The lowest BCUT2D eigenvalue weighted by Gasteiger charge is -2.35. The molecule has 12 heteroatoms. The van der Waals surface area contributed by atoms with Crippen LogP contribution in [0.5, 0.6) is 0 Å². The molecule has 0 aromatic carbocycles. The Labute approximate surface area is 166 Å². The van der Waals surface area contributed by atoms with Crippen LogP contribution in [-0.4, -0.2) is 77.1 Å². The fourth-order valence-electron chi connectivity index (χ4n) is 3.62. The maximum Gasteiger partial charge on any atom is 0.327 e. The third-order valence-electron chi connectivity index (χ3n) is 5.16. The van der Waals surface area contributed by atoms with Gasteiger partial charge in [0.1, 0.15) is 6.54 Å². The molecule has 10 nitrogen and oxygen atoms in total. The van der Waals surface area contributed by atoms with Crippen LogP contribution in [0.15, 0.2) is 10.4 Å². The molecule has 0 unspecified atom stereocenters. The zero-order chi connectivity index (χ0) is 20.1. The number of nitrogens with one attached hydrogen (secondary N) is 1. The number of imide groups is 1. The molecule has 2 aliphatic heterocycles. The summed E-state index contributed by atoms with van der Waals surface area (Å²) in [5.41, 5.74) is 0. The topological polar surface area (TPSA) is 120 Å². The molecule has 1 aromatic heterocycles. The number of anilines is 1. The van der Waals surface area contributed by atoms with Crippen LogP contribution in [0.2, 0.25) is 0 Å². The van der Waals surface area contributed by atoms with Crippen LogP contribution in [0.1, 0.15) is 32.6 Å². The number of piperidine rings is 1. The highest BCUT2D eigenvalue weighted by Crippen LogP contribution is 2.33. The van der Waals surface area contributed by atoms with Crippen molar-refractivity contribution in [3.8, 4) is 0 Å². The van der Waals surface area contributed by atoms with Crippen molar-refractivity contribution in [3.63, 3.8) is 0 Å². The number of carbonyl (C=O) groups excluding carboxylic acids is 3. The number of carbonyl (C=O) groups is 3. The van der Waals surface area contributed by atoms with Crippen LogP contribution in [0, 0.1) is 0 Å². The fraction of sp³-hybridized carbons (Fsp3) is 0.625. The van der Waals surface area contributed by atoms with Crippen molar-refractivity contribution in [2.24, 2.45) is 0 Å². The van der Waals surface area contributed by atoms with Crippen LogP contribution in [-0.2, 0) is 19.6 Å². The molecule has 1 saturated carbocycles. The van der Waals surface area contributed by atoms with Crippen molar-refractivity contribution in [1.82, 2.24) is 19.1 Å². The first-order chi connectivity index (χ1) is 13.3. The van der Waals surface area contributed by atoms with Crippen molar-refractivity contribution >= 4 is 44.3 Å². The lowest BCUT2D eigenvalue weighted by Crippen LogP contribution is -2.48. The summed E-state index contributed by atoms with van der Waals surface area (Å²) in [4.78, 5) is 42.6. The van der Waals surface area contributed by atoms with Gasteiger partial charge in [0.15, 0.2) is 9.34 Å². The minimum atomic E-state index is -3.71. The molecule has 152 valence electrons. The summed E-state index contributed by atoms with van der Waals surface area (Å²) in [6, 6.07) is -0.325. The average molecular weight is 428 g/mol. The van der Waals surface area contributed by atoms with Crippen LogP contribution >= 0.6 is 11.3 Å². The highest BCUT2D eigenvalue weighted by molar-refractivity contribution is 7.91. The van der Waals surface area contributed by atoms with Gasteiger partial charge in [-0.3, -0.25) is 14.5 Å². The number of urea groups is 1. The second kappa shape index (κ2) is 7.08. The van der Waals surface area contributed by atoms with Crippen molar-refractivity contribution in [1.29, 1.82) is 0 Å². The Hall–Kier alpha value is -2.05. The first-order valence-corrected chi connectivity index (χ1v) is 11.4. The van der Waals surface area contributed by atoms with Gasteiger partial charge in [-0.25, -0.2) is 18.2 Å². The van der Waals surface area contributed by atoms with Gasteiger partial charge >= 0.3 is 6.03 Å². The van der Waals surface area contributed by atoms with E-state index in [-0.39, 0.29) is 58.9 Å². The number of sulfonamides is 1. The van der Waals surface area contributed by atoms with Gasteiger partial charge in [-0.05, 0) is 25.7 Å². The predicted molar refractivity (Wildman–Crippen MR) is 100 cm³/mol. The molecule has 1 aliphatic carbocycles. The molecular weight excluding hydrogens is 406 g/mol. The van der Waals surface area contributed by atoms with Gasteiger partial charge in [0.05, 0.1) is 6.20 Å². The van der Waals surface area contributed by atoms with Crippen LogP contribution in [0.4, 0.5) is 9.93 Å². The lowest BCUT2D eigenvalue weighted by molar-refractivity contribution is -0.125. The summed E-state index contributed by atoms with van der Waals surface area (Å²) < 4.78 is 27.1. The van der Waals surface area contributed by atoms with Gasteiger partial charge in [0.25, 0.3) is 15.9 Å². The van der Waals surface area contributed by atoms with E-state index < -0.39 is 10.0 Å². The first kappa shape index (κ1) is 19.3. The molecule has 4 amide bonds. The fourth-order valence-corrected chi connectivity index (χ4v) is 6.32. The predicted octanol–water partition coefficient (Wildman–Crippen LogP) is 0.681. The van der Waals surface area contributed by atoms with Crippen molar-refractivity contribution < 1.29 is 22.8 Å². The molecule has 1 N–H and O–H groups in total. The Kier molecular flexibility index (Phi) is 4.88. The zero-order valence-corrected chi connectivity index (χ0v) is 17.0. The number of rotatable bonds is 5. The highest BCUT2D eigenvalue weighted by Gasteiger charge is 2.47. The third kappa shape index (κ3) is 3.51. The Bertz CT molecular complexity index is 918. The minimum absolute atomic E-state index is 0.0506. The van der Waals surface area contributed by atoms with E-state index in [1.54, 1.807) is 4.90 Å². The highest BCUT2D eigenvalue weighted by atomic mass is 32.2. The molecule has 3 heterocycles. The molecule has 0 atom stereocenters. The minimum Gasteiger partial charge on any atom is -0.312 e. The number of aromatic nitrogens is 1. The summed E-state index contributed by atoms with van der Waals surface area (Å²) >= 11 is 0.910. The van der Waals surface area contributed by atoms with Gasteiger partial charge < -0.3 is 10.2 Å². The van der Waals surface area contributed by atoms with Crippen LogP contribution in [0.3, 0.4) is 0 Å². The molecule has 28 heavy (non-hydrogen) atoms. The summed E-state index contributed by atoms with van der Waals surface area (Å²) in [5.74, 6) is -0.470. The monoisotopic (exact) mass is 427 g/mol. The standard InChI is InChI=1S/C16H21N5O5S2/c1-10(22)18-15-17-8-14(27-15)28(25,26)19-6-4-11(5-7-19)20-9-13(23)21(16(20)24)12-2-3-12/h8,11-12H,2-7,9H2,1H3,(H,17,18,22). The number of hydrogen-bond donors (Lipinski definition) is 1. The number of hydrogen-bond acceptors (Lipinski definition) is 7. The van der Waals surface area contributed by atoms with E-state index in [4.69, 9.17) is 0 Å². The second-order valence-electron chi connectivity index (χ2n) is 7.21. The Balaban J connectivity index is 1.39. The van der Waals surface area contributed by atoms with Gasteiger partial charge in [-0.1, -0.05) is 11.3 Å². The number of nitrogens with zero attached hydrogens (tertiary/aromatic N) is 4. The number of thiazole rings is 1. The second-order valence-corrected chi connectivity index (χ2v) is 10.4. The Morgan fingerprint density at radius 2 is 1.86 bits per heavy atom. The summed E-state index contributed by atoms with van der Waals surface area (Å²) in [7, 11) is -3.71. The molecule has 2 saturated heterocycles. The maximum atomic E-state index is 12.8. The van der Waals surface area contributed by atoms with E-state index in [1.165, 1.54) is 22.3 Å². The maximum absolute atomic E-state index is 12.8. The van der Waals surface area contributed by atoms with Crippen LogP contribution in [0.25, 0.3) is 0 Å². The molecule has 3 aliphatic rings. The van der Waals surface area contributed by atoms with E-state index >= 15 is 0 Å². The summed E-state index contributed by atoms with van der Waals surface area (Å²) in [6.07, 6.45) is 3.95. The molecule has 0 bridgehead atoms. The lowest BCUT2D eigenvalue weighted by atomic mass is 10.1. The van der Waals surface area contributed by atoms with E-state index in [9.17, 15) is 22.8 Å². The van der Waals surface area contributed by atoms with Crippen LogP contribution < -0.4 is 5.32 Å². The third-order valence-corrected chi connectivity index (χ3v) is 8.41. The Morgan fingerprint density at radius 3 is 2.46 bits per heavy atom. The van der Waals surface area contributed by atoms with Gasteiger partial charge in [0, 0.05) is 32.1 Å². The Morgan fingerprint density at radius 1 is 1.18 bits per heavy atom. The molecular formula is C16H21N5O5S2. The SMILES string of the molecule is CC(=O)Nc1ncc(S(=O)(=O)N2CCC(N3CC(=O)N(C4CC4)C3=O)CC2)s1. The number of amides is 4. The molecule has 1 aromatic rings. The van der Waals surface area contributed by atoms with E-state index in [0.717, 1.165) is 24.2 Å². The van der Waals surface area contributed by atoms with Gasteiger partial charge in [-0.15, -0.1) is 0 Å². The largest absolute Gasteiger partial charge is 0.327 e. The first-order valence-electron chi connectivity index (χ1n) is 9.13. The molecule has 0 radical (unpaired) electrons. The van der Waals surface area contributed by atoms with E-state index in [2.05, 4.69) is 10.3 Å². The molecule has 3 fully saturated rings. The van der Waals surface area contributed by atoms with Gasteiger partial charge in [-0.2, -0.15) is 4.31 Å². The molecule has 0 spiro atoms. The smallest absolute Gasteiger partial charge is 0.312 e. The zero-order valence-electron chi connectivity index (χ0n) is 15.3. The van der Waals surface area contributed by atoms with Crippen molar-refractivity contribution in [3.05, 3.63) is 6.20 Å². The van der Waals surface area contributed by atoms with Crippen molar-refractivity contribution in [2.75, 3.05) is 25.0 Å². The summed E-state index contributed by atoms with van der Waals surface area (Å²) in [5, 5.41) is 2.71. The van der Waals surface area contributed by atoms with E-state index in [1.807, 2.05) is 0 Å². The summed E-state index contributed by atoms with van der Waals surface area (Å²) in [6.45, 7) is 1.94. The normalized spacial score (nSPS) is 22.2. The van der Waals surface area contributed by atoms with Gasteiger partial charge in [0.2, 0.25) is 5.91 Å². The van der Waals surface area contributed by atoms with E-state index in [0.29, 0.717) is 12.8 Å². The molecule has 4 rings (SSSR count). The average Bonchev–Trinajstić information content (AvgIpc) is 3.28. The quantitative estimate of drug-likeness (QED) is 0.690.